The van der Waals surface area contributed by atoms with E-state index in [9.17, 15) is 18.0 Å². The summed E-state index contributed by atoms with van der Waals surface area (Å²) in [6, 6.07) is -0.305. The fraction of sp³-hybridized carbons (Fsp3) is 0.909. The highest BCUT2D eigenvalue weighted by Gasteiger charge is 2.43. The molecule has 0 amide bonds. The molecule has 1 N–H and O–H groups in total. The lowest BCUT2D eigenvalue weighted by molar-refractivity contribution is -0.161. The maximum Gasteiger partial charge on any atom is 0.401 e. The Bertz CT molecular complexity index is 289. The van der Waals surface area contributed by atoms with Gasteiger partial charge >= 0.3 is 12.1 Å². The van der Waals surface area contributed by atoms with E-state index >= 15 is 0 Å². The molecule has 17 heavy (non-hydrogen) atoms. The third kappa shape index (κ3) is 4.18. The number of carboxylic acids is 1. The third-order valence-corrected chi connectivity index (χ3v) is 3.36. The average Bonchev–Trinajstić information content (AvgIpc) is 2.40. The van der Waals surface area contributed by atoms with E-state index in [0.29, 0.717) is 6.42 Å². The molecule has 0 heterocycles. The Kier molecular flexibility index (Phi) is 4.06. The van der Waals surface area contributed by atoms with Crippen LogP contribution in [0, 0.1) is 5.41 Å². The SMILES string of the molecule is CC1(C)CCCC1N(CC(=O)O)CC(F)(F)F. The molecule has 1 aliphatic carbocycles. The molecule has 1 atom stereocenters. The quantitative estimate of drug-likeness (QED) is 0.837. The van der Waals surface area contributed by atoms with E-state index in [1.165, 1.54) is 0 Å². The molecule has 1 fully saturated rings. The van der Waals surface area contributed by atoms with Crippen LogP contribution in [-0.2, 0) is 4.79 Å². The predicted molar refractivity (Wildman–Crippen MR) is 56.7 cm³/mol. The molecule has 0 saturated heterocycles. The van der Waals surface area contributed by atoms with Crippen molar-refractivity contribution in [2.24, 2.45) is 5.41 Å². The summed E-state index contributed by atoms with van der Waals surface area (Å²) in [5.74, 6) is -1.21. The molecule has 3 nitrogen and oxygen atoms in total. The summed E-state index contributed by atoms with van der Waals surface area (Å²) in [4.78, 5) is 11.7. The van der Waals surface area contributed by atoms with Crippen LogP contribution in [0.4, 0.5) is 13.2 Å². The lowest BCUT2D eigenvalue weighted by Gasteiger charge is -2.37. The van der Waals surface area contributed by atoms with Crippen molar-refractivity contribution >= 4 is 5.97 Å². The maximum atomic E-state index is 12.4. The van der Waals surface area contributed by atoms with Gasteiger partial charge in [-0.1, -0.05) is 20.3 Å². The summed E-state index contributed by atoms with van der Waals surface area (Å²) in [5.41, 5.74) is -0.249. The average molecular weight is 253 g/mol. The minimum absolute atomic E-state index is 0.249. The second-order valence-electron chi connectivity index (χ2n) is 5.31. The van der Waals surface area contributed by atoms with Crippen molar-refractivity contribution in [1.82, 2.24) is 4.90 Å². The van der Waals surface area contributed by atoms with Crippen molar-refractivity contribution in [3.05, 3.63) is 0 Å². The molecule has 0 aromatic rings. The lowest BCUT2D eigenvalue weighted by atomic mass is 9.86. The van der Waals surface area contributed by atoms with Gasteiger partial charge in [0.25, 0.3) is 0 Å². The molecular formula is C11H18F3NO2. The Morgan fingerprint density at radius 3 is 2.41 bits per heavy atom. The van der Waals surface area contributed by atoms with Gasteiger partial charge in [0, 0.05) is 6.04 Å². The van der Waals surface area contributed by atoms with Crippen molar-refractivity contribution < 1.29 is 23.1 Å². The van der Waals surface area contributed by atoms with E-state index < -0.39 is 25.2 Å². The number of rotatable bonds is 4. The molecule has 100 valence electrons. The van der Waals surface area contributed by atoms with Crippen LogP contribution in [0.3, 0.4) is 0 Å². The lowest BCUT2D eigenvalue weighted by Crippen LogP contribution is -2.48. The second-order valence-corrected chi connectivity index (χ2v) is 5.31. The van der Waals surface area contributed by atoms with E-state index in [0.717, 1.165) is 17.7 Å². The van der Waals surface area contributed by atoms with Gasteiger partial charge in [0.1, 0.15) is 0 Å². The van der Waals surface area contributed by atoms with Gasteiger partial charge < -0.3 is 5.11 Å². The summed E-state index contributed by atoms with van der Waals surface area (Å²) < 4.78 is 37.3. The van der Waals surface area contributed by atoms with Crippen LogP contribution in [0.2, 0.25) is 0 Å². The first-order valence-electron chi connectivity index (χ1n) is 5.64. The molecule has 0 radical (unpaired) electrons. The van der Waals surface area contributed by atoms with Gasteiger partial charge in [0.2, 0.25) is 0 Å². The normalized spacial score (nSPS) is 24.2. The van der Waals surface area contributed by atoms with Gasteiger partial charge in [-0.15, -0.1) is 0 Å². The number of hydrogen-bond acceptors (Lipinski definition) is 2. The van der Waals surface area contributed by atoms with E-state index in [1.54, 1.807) is 0 Å². The van der Waals surface area contributed by atoms with E-state index in [1.807, 2.05) is 13.8 Å². The van der Waals surface area contributed by atoms with Crippen molar-refractivity contribution in [2.45, 2.75) is 45.3 Å². The molecular weight excluding hydrogens is 235 g/mol. The van der Waals surface area contributed by atoms with Crippen molar-refractivity contribution in [3.63, 3.8) is 0 Å². The Balaban J connectivity index is 2.79. The predicted octanol–water partition coefficient (Wildman–Crippen LogP) is 2.51. The first-order valence-corrected chi connectivity index (χ1v) is 5.64. The molecule has 1 rings (SSSR count). The molecule has 0 aromatic carbocycles. The minimum Gasteiger partial charge on any atom is -0.480 e. The summed E-state index contributed by atoms with van der Waals surface area (Å²) >= 11 is 0. The van der Waals surface area contributed by atoms with Gasteiger partial charge in [-0.3, -0.25) is 9.69 Å². The largest absolute Gasteiger partial charge is 0.480 e. The van der Waals surface area contributed by atoms with Crippen LogP contribution in [-0.4, -0.2) is 41.3 Å². The summed E-state index contributed by atoms with van der Waals surface area (Å²) in [5, 5.41) is 8.70. The minimum atomic E-state index is -4.35. The van der Waals surface area contributed by atoms with Crippen LogP contribution < -0.4 is 0 Å². The Hall–Kier alpha value is -0.780. The molecule has 0 aromatic heterocycles. The van der Waals surface area contributed by atoms with Crippen molar-refractivity contribution in [2.75, 3.05) is 13.1 Å². The van der Waals surface area contributed by atoms with E-state index in [-0.39, 0.29) is 11.5 Å². The number of alkyl halides is 3. The molecule has 0 bridgehead atoms. The van der Waals surface area contributed by atoms with Gasteiger partial charge in [0.05, 0.1) is 13.1 Å². The first kappa shape index (κ1) is 14.3. The zero-order chi connectivity index (χ0) is 13.3. The van der Waals surface area contributed by atoms with Crippen molar-refractivity contribution in [1.29, 1.82) is 0 Å². The topological polar surface area (TPSA) is 40.5 Å². The second kappa shape index (κ2) is 4.84. The summed E-state index contributed by atoms with van der Waals surface area (Å²) in [6.07, 6.45) is -2.03. The smallest absolute Gasteiger partial charge is 0.401 e. The standard InChI is InChI=1S/C11H18F3NO2/c1-10(2)5-3-4-8(10)15(6-9(16)17)7-11(12,13)14/h8H,3-7H2,1-2H3,(H,16,17). The summed E-state index contributed by atoms with van der Waals surface area (Å²) in [7, 11) is 0. The molecule has 1 saturated carbocycles. The van der Waals surface area contributed by atoms with Crippen LogP contribution in [0.1, 0.15) is 33.1 Å². The highest BCUT2D eigenvalue weighted by atomic mass is 19.4. The van der Waals surface area contributed by atoms with Crippen LogP contribution in [0.5, 0.6) is 0 Å². The third-order valence-electron chi connectivity index (χ3n) is 3.36. The van der Waals surface area contributed by atoms with Crippen molar-refractivity contribution in [3.8, 4) is 0 Å². The van der Waals surface area contributed by atoms with Crippen LogP contribution in [0.15, 0.2) is 0 Å². The van der Waals surface area contributed by atoms with E-state index in [4.69, 9.17) is 5.11 Å². The summed E-state index contributed by atoms with van der Waals surface area (Å²) in [6.45, 7) is 2.10. The highest BCUT2D eigenvalue weighted by Crippen LogP contribution is 2.41. The Morgan fingerprint density at radius 2 is 2.06 bits per heavy atom. The van der Waals surface area contributed by atoms with Crippen LogP contribution in [0.25, 0.3) is 0 Å². The van der Waals surface area contributed by atoms with Crippen LogP contribution >= 0.6 is 0 Å². The number of carbonyl (C=O) groups is 1. The fourth-order valence-corrected chi connectivity index (χ4v) is 2.67. The monoisotopic (exact) mass is 253 g/mol. The zero-order valence-corrected chi connectivity index (χ0v) is 10.0. The first-order chi connectivity index (χ1) is 7.62. The fourth-order valence-electron chi connectivity index (χ4n) is 2.67. The van der Waals surface area contributed by atoms with E-state index in [2.05, 4.69) is 0 Å². The molecule has 0 aliphatic heterocycles. The number of nitrogens with zero attached hydrogens (tertiary/aromatic N) is 1. The zero-order valence-electron chi connectivity index (χ0n) is 10.0. The number of hydrogen-bond donors (Lipinski definition) is 1. The Morgan fingerprint density at radius 1 is 1.47 bits per heavy atom. The number of halogens is 3. The Labute approximate surface area is 98.6 Å². The van der Waals surface area contributed by atoms with Gasteiger partial charge in [-0.25, -0.2) is 0 Å². The number of aliphatic carboxylic acids is 1. The molecule has 1 aliphatic rings. The van der Waals surface area contributed by atoms with Gasteiger partial charge in [0.15, 0.2) is 0 Å². The molecule has 0 spiro atoms. The maximum absolute atomic E-state index is 12.4. The van der Waals surface area contributed by atoms with Gasteiger partial charge in [-0.05, 0) is 18.3 Å². The van der Waals surface area contributed by atoms with Gasteiger partial charge in [-0.2, -0.15) is 13.2 Å². The highest BCUT2D eigenvalue weighted by molar-refractivity contribution is 5.69. The molecule has 6 heteroatoms. The number of carboxylic acid groups (broad SMARTS) is 1. The molecule has 1 unspecified atom stereocenters.